The number of halogens is 1. The van der Waals surface area contributed by atoms with E-state index in [1.54, 1.807) is 29.2 Å². The van der Waals surface area contributed by atoms with Crippen molar-refractivity contribution in [2.24, 2.45) is 0 Å². The molecular formula is C24H22ClN3O2. The first kappa shape index (κ1) is 20.0. The predicted molar refractivity (Wildman–Crippen MR) is 120 cm³/mol. The molecule has 3 amide bonds. The minimum Gasteiger partial charge on any atom is -0.326 e. The van der Waals surface area contributed by atoms with E-state index in [-0.39, 0.29) is 5.91 Å². The lowest BCUT2D eigenvalue weighted by atomic mass is 10.0. The fraction of sp³-hybridized carbons (Fsp3) is 0.167. The first-order valence-electron chi connectivity index (χ1n) is 9.86. The van der Waals surface area contributed by atoms with Gasteiger partial charge in [-0.2, -0.15) is 0 Å². The van der Waals surface area contributed by atoms with Gasteiger partial charge in [-0.15, -0.1) is 0 Å². The van der Waals surface area contributed by atoms with Crippen LogP contribution in [0.15, 0.2) is 78.9 Å². The van der Waals surface area contributed by atoms with Crippen molar-refractivity contribution in [3.05, 3.63) is 95.0 Å². The topological polar surface area (TPSA) is 61.4 Å². The summed E-state index contributed by atoms with van der Waals surface area (Å²) in [5.74, 6) is -0.116. The Morgan fingerprint density at radius 1 is 0.933 bits per heavy atom. The molecule has 1 atom stereocenters. The van der Waals surface area contributed by atoms with Crippen LogP contribution in [0, 0.1) is 0 Å². The van der Waals surface area contributed by atoms with Gasteiger partial charge < -0.3 is 15.5 Å². The Labute approximate surface area is 180 Å². The summed E-state index contributed by atoms with van der Waals surface area (Å²) in [6.45, 7) is 0.615. The first-order valence-corrected chi connectivity index (χ1v) is 10.2. The summed E-state index contributed by atoms with van der Waals surface area (Å²) < 4.78 is 0. The van der Waals surface area contributed by atoms with Crippen molar-refractivity contribution >= 4 is 34.9 Å². The average molecular weight is 420 g/mol. The molecule has 3 aromatic rings. The third kappa shape index (κ3) is 4.63. The number of benzene rings is 3. The Morgan fingerprint density at radius 3 is 2.40 bits per heavy atom. The second-order valence-electron chi connectivity index (χ2n) is 7.22. The van der Waals surface area contributed by atoms with Gasteiger partial charge in [-0.25, -0.2) is 4.79 Å². The molecule has 0 fully saturated rings. The summed E-state index contributed by atoms with van der Waals surface area (Å²) in [7, 11) is 0. The Balaban J connectivity index is 1.52. The molecular weight excluding hydrogens is 398 g/mol. The number of nitrogens with one attached hydrogen (secondary N) is 2. The maximum absolute atomic E-state index is 13.4. The number of urea groups is 1. The highest BCUT2D eigenvalue weighted by molar-refractivity contribution is 6.30. The molecule has 0 unspecified atom stereocenters. The van der Waals surface area contributed by atoms with Crippen LogP contribution < -0.4 is 15.5 Å². The summed E-state index contributed by atoms with van der Waals surface area (Å²) in [6, 6.07) is 23.3. The lowest BCUT2D eigenvalue weighted by Crippen LogP contribution is -2.50. The summed E-state index contributed by atoms with van der Waals surface area (Å²) in [5, 5.41) is 6.22. The number of amides is 3. The number of anilines is 2. The number of hydrogen-bond donors (Lipinski definition) is 2. The highest BCUT2D eigenvalue weighted by atomic mass is 35.5. The van der Waals surface area contributed by atoms with Gasteiger partial charge in [-0.3, -0.25) is 4.79 Å². The minimum absolute atomic E-state index is 0.116. The molecule has 0 radical (unpaired) electrons. The van der Waals surface area contributed by atoms with Crippen LogP contribution in [0.25, 0.3) is 0 Å². The van der Waals surface area contributed by atoms with Crippen LogP contribution in [0.4, 0.5) is 16.2 Å². The fourth-order valence-corrected chi connectivity index (χ4v) is 3.79. The monoisotopic (exact) mass is 419 g/mol. The average Bonchev–Trinajstić information content (AvgIpc) is 3.19. The zero-order chi connectivity index (χ0) is 20.9. The van der Waals surface area contributed by atoms with Crippen LogP contribution in [0.2, 0.25) is 5.02 Å². The maximum atomic E-state index is 13.4. The third-order valence-corrected chi connectivity index (χ3v) is 5.39. The summed E-state index contributed by atoms with van der Waals surface area (Å²) in [5.41, 5.74) is 3.65. The van der Waals surface area contributed by atoms with E-state index in [2.05, 4.69) is 10.6 Å². The molecule has 0 bridgehead atoms. The second kappa shape index (κ2) is 9.01. The van der Waals surface area contributed by atoms with Gasteiger partial charge in [0.2, 0.25) is 5.91 Å². The SMILES string of the molecule is O=C(Nc1ccc(Cl)cc1)N[C@H](Cc1ccccc1)C(=O)N1CCc2ccccc21. The van der Waals surface area contributed by atoms with E-state index in [1.807, 2.05) is 54.6 Å². The van der Waals surface area contributed by atoms with Crippen LogP contribution in [-0.2, 0) is 17.6 Å². The molecule has 1 aliphatic heterocycles. The van der Waals surface area contributed by atoms with E-state index in [9.17, 15) is 9.59 Å². The largest absolute Gasteiger partial charge is 0.326 e. The van der Waals surface area contributed by atoms with Gasteiger partial charge in [0, 0.05) is 29.4 Å². The van der Waals surface area contributed by atoms with Crippen LogP contribution in [0.5, 0.6) is 0 Å². The molecule has 6 heteroatoms. The van der Waals surface area contributed by atoms with Crippen molar-refractivity contribution < 1.29 is 9.59 Å². The van der Waals surface area contributed by atoms with Crippen molar-refractivity contribution in [3.63, 3.8) is 0 Å². The zero-order valence-electron chi connectivity index (χ0n) is 16.3. The smallest absolute Gasteiger partial charge is 0.319 e. The van der Waals surface area contributed by atoms with Crippen LogP contribution in [0.1, 0.15) is 11.1 Å². The summed E-state index contributed by atoms with van der Waals surface area (Å²) in [6.07, 6.45) is 1.23. The molecule has 0 saturated carbocycles. The minimum atomic E-state index is -0.689. The molecule has 0 spiro atoms. The molecule has 2 N–H and O–H groups in total. The van der Waals surface area contributed by atoms with Crippen molar-refractivity contribution in [2.45, 2.75) is 18.9 Å². The lowest BCUT2D eigenvalue weighted by Gasteiger charge is -2.25. The molecule has 4 rings (SSSR count). The van der Waals surface area contributed by atoms with Crippen molar-refractivity contribution in [1.29, 1.82) is 0 Å². The number of carbonyl (C=O) groups is 2. The highest BCUT2D eigenvalue weighted by Crippen LogP contribution is 2.28. The number of hydrogen-bond acceptors (Lipinski definition) is 2. The number of para-hydroxylation sites is 1. The van der Waals surface area contributed by atoms with Gasteiger partial charge >= 0.3 is 6.03 Å². The molecule has 0 saturated heterocycles. The van der Waals surface area contributed by atoms with Crippen LogP contribution in [0.3, 0.4) is 0 Å². The molecule has 0 aliphatic carbocycles. The standard InChI is InChI=1S/C24H22ClN3O2/c25-19-10-12-20(13-11-19)26-24(30)27-21(16-17-6-2-1-3-7-17)23(29)28-15-14-18-8-4-5-9-22(18)28/h1-13,21H,14-16H2,(H2,26,27,30)/t21-/m1/s1. The summed E-state index contributed by atoms with van der Waals surface area (Å²) in [4.78, 5) is 27.8. The first-order chi connectivity index (χ1) is 14.6. The predicted octanol–water partition coefficient (Wildman–Crippen LogP) is 4.66. The lowest BCUT2D eigenvalue weighted by molar-refractivity contribution is -0.120. The van der Waals surface area contributed by atoms with Crippen LogP contribution >= 0.6 is 11.6 Å². The van der Waals surface area contributed by atoms with E-state index in [4.69, 9.17) is 11.6 Å². The van der Waals surface area contributed by atoms with E-state index >= 15 is 0 Å². The van der Waals surface area contributed by atoms with E-state index in [0.29, 0.717) is 23.7 Å². The Kier molecular flexibility index (Phi) is 6.00. The number of fused-ring (bicyclic) bond motifs is 1. The quantitative estimate of drug-likeness (QED) is 0.631. The van der Waals surface area contributed by atoms with Gasteiger partial charge in [-0.1, -0.05) is 60.1 Å². The number of carbonyl (C=O) groups excluding carboxylic acids is 2. The Bertz CT molecular complexity index is 1040. The van der Waals surface area contributed by atoms with E-state index < -0.39 is 12.1 Å². The second-order valence-corrected chi connectivity index (χ2v) is 7.65. The molecule has 0 aromatic heterocycles. The number of rotatable bonds is 5. The van der Waals surface area contributed by atoms with Gasteiger partial charge in [0.1, 0.15) is 6.04 Å². The highest BCUT2D eigenvalue weighted by Gasteiger charge is 2.31. The normalized spacial score (nSPS) is 13.4. The fourth-order valence-electron chi connectivity index (χ4n) is 3.66. The molecule has 5 nitrogen and oxygen atoms in total. The van der Waals surface area contributed by atoms with Gasteiger partial charge in [0.25, 0.3) is 0 Å². The van der Waals surface area contributed by atoms with Gasteiger partial charge in [-0.05, 0) is 47.9 Å². The Morgan fingerprint density at radius 2 is 1.63 bits per heavy atom. The van der Waals surface area contributed by atoms with Crippen LogP contribution in [-0.4, -0.2) is 24.5 Å². The van der Waals surface area contributed by atoms with Crippen molar-refractivity contribution in [3.8, 4) is 0 Å². The number of nitrogens with zero attached hydrogens (tertiary/aromatic N) is 1. The maximum Gasteiger partial charge on any atom is 0.319 e. The summed E-state index contributed by atoms with van der Waals surface area (Å²) >= 11 is 5.90. The third-order valence-electron chi connectivity index (χ3n) is 5.14. The van der Waals surface area contributed by atoms with Gasteiger partial charge in [0.15, 0.2) is 0 Å². The van der Waals surface area contributed by atoms with Gasteiger partial charge in [0.05, 0.1) is 0 Å². The van der Waals surface area contributed by atoms with E-state index in [0.717, 1.165) is 23.2 Å². The molecule has 1 aliphatic rings. The molecule has 30 heavy (non-hydrogen) atoms. The zero-order valence-corrected chi connectivity index (χ0v) is 17.1. The molecule has 152 valence electrons. The van der Waals surface area contributed by atoms with E-state index in [1.165, 1.54) is 0 Å². The van der Waals surface area contributed by atoms with Crippen molar-refractivity contribution in [1.82, 2.24) is 5.32 Å². The Hall–Kier alpha value is -3.31. The molecule has 3 aromatic carbocycles. The molecule has 1 heterocycles. The van der Waals surface area contributed by atoms with Crippen molar-refractivity contribution in [2.75, 3.05) is 16.8 Å².